The van der Waals surface area contributed by atoms with Crippen molar-refractivity contribution in [3.05, 3.63) is 0 Å². The second-order valence-electron chi connectivity index (χ2n) is 4.47. The van der Waals surface area contributed by atoms with Crippen molar-refractivity contribution in [3.63, 3.8) is 0 Å². The lowest BCUT2D eigenvalue weighted by molar-refractivity contribution is -0.138. The first-order valence-corrected chi connectivity index (χ1v) is 5.97. The summed E-state index contributed by atoms with van der Waals surface area (Å²) >= 11 is 0. The van der Waals surface area contributed by atoms with Gasteiger partial charge in [-0.3, -0.25) is 4.79 Å². The normalized spacial score (nSPS) is 21.9. The topological polar surface area (TPSA) is 99.2 Å². The number of rotatable bonds is 4. The molecule has 4 N–H and O–H groups in total. The van der Waals surface area contributed by atoms with Gasteiger partial charge in [0.1, 0.15) is 5.41 Å². The lowest BCUT2D eigenvalue weighted by Gasteiger charge is -2.32. The fourth-order valence-electron chi connectivity index (χ4n) is 2.35. The van der Waals surface area contributed by atoms with Crippen molar-refractivity contribution >= 4 is 11.7 Å². The van der Waals surface area contributed by atoms with E-state index in [4.69, 9.17) is 10.9 Å². The van der Waals surface area contributed by atoms with E-state index in [0.717, 1.165) is 0 Å². The lowest BCUT2D eigenvalue weighted by atomic mass is 9.79. The van der Waals surface area contributed by atoms with E-state index in [9.17, 15) is 9.90 Å². The van der Waals surface area contributed by atoms with Crippen molar-refractivity contribution in [1.82, 2.24) is 4.90 Å². The van der Waals surface area contributed by atoms with Crippen LogP contribution in [0, 0.1) is 5.41 Å². The Hall–Kier alpha value is -1.30. The highest BCUT2D eigenvalue weighted by Gasteiger charge is 2.43. The Morgan fingerprint density at radius 3 is 2.47 bits per heavy atom. The minimum atomic E-state index is -0.946. The predicted molar refractivity (Wildman–Crippen MR) is 63.6 cm³/mol. The molecule has 1 aliphatic rings. The van der Waals surface area contributed by atoms with Crippen LogP contribution in [0.2, 0.25) is 0 Å². The summed E-state index contributed by atoms with van der Waals surface area (Å²) in [5.74, 6) is -0.205. The molecule has 1 fully saturated rings. The van der Waals surface area contributed by atoms with Crippen LogP contribution < -0.4 is 5.73 Å². The van der Waals surface area contributed by atoms with Gasteiger partial charge in [-0.25, -0.2) is 0 Å². The van der Waals surface area contributed by atoms with E-state index in [1.54, 1.807) is 4.90 Å². The third-order valence-electron chi connectivity index (χ3n) is 3.67. The molecule has 0 aromatic rings. The molecule has 1 saturated heterocycles. The molecule has 1 aliphatic heterocycles. The van der Waals surface area contributed by atoms with Crippen molar-refractivity contribution in [2.75, 3.05) is 13.1 Å². The Morgan fingerprint density at radius 1 is 1.53 bits per heavy atom. The van der Waals surface area contributed by atoms with E-state index in [-0.39, 0.29) is 11.7 Å². The quantitative estimate of drug-likeness (QED) is 0.283. The molecule has 6 nitrogen and oxygen atoms in total. The summed E-state index contributed by atoms with van der Waals surface area (Å²) in [6.07, 6.45) is 1.08. The van der Waals surface area contributed by atoms with Crippen molar-refractivity contribution in [2.24, 2.45) is 16.3 Å². The number of carbonyl (C=O) groups excluding carboxylic acids is 1. The first-order valence-electron chi connectivity index (χ1n) is 5.97. The van der Waals surface area contributed by atoms with Gasteiger partial charge in [-0.1, -0.05) is 19.0 Å². The maximum atomic E-state index is 12.4. The summed E-state index contributed by atoms with van der Waals surface area (Å²) in [4.78, 5) is 14.0. The van der Waals surface area contributed by atoms with Crippen LogP contribution >= 0.6 is 0 Å². The number of likely N-dealkylation sites (tertiary alicyclic amines) is 1. The van der Waals surface area contributed by atoms with Crippen molar-refractivity contribution in [1.29, 1.82) is 0 Å². The molecule has 98 valence electrons. The van der Waals surface area contributed by atoms with Gasteiger partial charge in [0.2, 0.25) is 5.91 Å². The standard InChI is InChI=1S/C11H21N3O3/c1-3-11(4-2,9(12)13-17)10(16)14-6-5-8(15)7-14/h8,15,17H,3-7H2,1-2H3,(H2,12,13). The van der Waals surface area contributed by atoms with Crippen LogP contribution in [0.15, 0.2) is 5.16 Å². The van der Waals surface area contributed by atoms with Crippen LogP contribution in [0.1, 0.15) is 33.1 Å². The third-order valence-corrected chi connectivity index (χ3v) is 3.67. The van der Waals surface area contributed by atoms with Gasteiger partial charge in [0.25, 0.3) is 0 Å². The predicted octanol–water partition coefficient (Wildman–Crippen LogP) is 0.132. The van der Waals surface area contributed by atoms with Crippen LogP contribution in [0.3, 0.4) is 0 Å². The van der Waals surface area contributed by atoms with Gasteiger partial charge in [0.05, 0.1) is 6.10 Å². The van der Waals surface area contributed by atoms with E-state index in [2.05, 4.69) is 5.16 Å². The van der Waals surface area contributed by atoms with Gasteiger partial charge in [-0.05, 0) is 19.3 Å². The van der Waals surface area contributed by atoms with Gasteiger partial charge >= 0.3 is 0 Å². The highest BCUT2D eigenvalue weighted by molar-refractivity contribution is 6.06. The van der Waals surface area contributed by atoms with Gasteiger partial charge in [-0.2, -0.15) is 0 Å². The number of β-amino-alcohol motifs (C(OH)–C–C–N with tert-alkyl or cyclic N) is 1. The first kappa shape index (κ1) is 13.8. The number of amidine groups is 1. The molecule has 6 heteroatoms. The maximum Gasteiger partial charge on any atom is 0.236 e. The summed E-state index contributed by atoms with van der Waals surface area (Å²) < 4.78 is 0. The molecular formula is C11H21N3O3. The van der Waals surface area contributed by atoms with Crippen molar-refractivity contribution in [2.45, 2.75) is 39.2 Å². The zero-order chi connectivity index (χ0) is 13.1. The number of oxime groups is 1. The van der Waals surface area contributed by atoms with E-state index in [1.807, 2.05) is 13.8 Å². The molecular weight excluding hydrogens is 222 g/mol. The maximum absolute atomic E-state index is 12.4. The molecule has 0 spiro atoms. The highest BCUT2D eigenvalue weighted by Crippen LogP contribution is 2.31. The van der Waals surface area contributed by atoms with Crippen LogP contribution in [0.25, 0.3) is 0 Å². The van der Waals surface area contributed by atoms with Gasteiger partial charge in [0, 0.05) is 13.1 Å². The van der Waals surface area contributed by atoms with Gasteiger partial charge in [0.15, 0.2) is 5.84 Å². The second kappa shape index (κ2) is 5.35. The number of aliphatic hydroxyl groups excluding tert-OH is 1. The van der Waals surface area contributed by atoms with Crippen LogP contribution in [-0.2, 0) is 4.79 Å². The average Bonchev–Trinajstić information content (AvgIpc) is 2.77. The molecule has 0 aliphatic carbocycles. The van der Waals surface area contributed by atoms with E-state index in [1.165, 1.54) is 0 Å². The molecule has 0 bridgehead atoms. The largest absolute Gasteiger partial charge is 0.409 e. The second-order valence-corrected chi connectivity index (χ2v) is 4.47. The minimum Gasteiger partial charge on any atom is -0.409 e. The van der Waals surface area contributed by atoms with Crippen LogP contribution in [0.5, 0.6) is 0 Å². The monoisotopic (exact) mass is 243 g/mol. The first-order chi connectivity index (χ1) is 8.01. The molecule has 0 radical (unpaired) electrons. The van der Waals surface area contributed by atoms with Crippen molar-refractivity contribution in [3.8, 4) is 0 Å². The summed E-state index contributed by atoms with van der Waals surface area (Å²) in [5, 5.41) is 21.3. The van der Waals surface area contributed by atoms with Crippen LogP contribution in [0.4, 0.5) is 0 Å². The number of nitrogens with zero attached hydrogens (tertiary/aromatic N) is 2. The third kappa shape index (κ3) is 2.36. The molecule has 1 heterocycles. The number of hydrogen-bond acceptors (Lipinski definition) is 4. The molecule has 1 amide bonds. The fraction of sp³-hybridized carbons (Fsp3) is 0.818. The Labute approximate surface area is 101 Å². The SMILES string of the molecule is CCC(CC)(C(=O)N1CCC(O)C1)/C(N)=N/O. The molecule has 1 atom stereocenters. The Balaban J connectivity index is 2.95. The number of nitrogens with two attached hydrogens (primary N) is 1. The zero-order valence-corrected chi connectivity index (χ0v) is 10.4. The lowest BCUT2D eigenvalue weighted by Crippen LogP contribution is -2.50. The van der Waals surface area contributed by atoms with E-state index < -0.39 is 11.5 Å². The Morgan fingerprint density at radius 2 is 2.12 bits per heavy atom. The van der Waals surface area contributed by atoms with Crippen molar-refractivity contribution < 1.29 is 15.1 Å². The Kier molecular flexibility index (Phi) is 4.34. The van der Waals surface area contributed by atoms with Crippen LogP contribution in [-0.4, -0.2) is 46.1 Å². The molecule has 0 aromatic carbocycles. The fourth-order valence-corrected chi connectivity index (χ4v) is 2.35. The highest BCUT2D eigenvalue weighted by atomic mass is 16.4. The average molecular weight is 243 g/mol. The summed E-state index contributed by atoms with van der Waals surface area (Å²) in [6.45, 7) is 4.54. The number of hydrogen-bond donors (Lipinski definition) is 3. The van der Waals surface area contributed by atoms with Gasteiger partial charge < -0.3 is 20.9 Å². The molecule has 1 rings (SSSR count). The van der Waals surface area contributed by atoms with E-state index in [0.29, 0.717) is 32.4 Å². The Bertz CT molecular complexity index is 313. The summed E-state index contributed by atoms with van der Waals surface area (Å²) in [6, 6.07) is 0. The van der Waals surface area contributed by atoms with E-state index >= 15 is 0 Å². The molecule has 17 heavy (non-hydrogen) atoms. The van der Waals surface area contributed by atoms with Gasteiger partial charge in [-0.15, -0.1) is 0 Å². The number of carbonyl (C=O) groups is 1. The minimum absolute atomic E-state index is 0.0473. The summed E-state index contributed by atoms with van der Waals surface area (Å²) in [7, 11) is 0. The smallest absolute Gasteiger partial charge is 0.236 e. The summed E-state index contributed by atoms with van der Waals surface area (Å²) in [5.41, 5.74) is 4.72. The molecule has 0 saturated carbocycles. The zero-order valence-electron chi connectivity index (χ0n) is 10.4. The molecule has 1 unspecified atom stereocenters. The number of amides is 1. The number of aliphatic hydroxyl groups is 1. The molecule has 0 aromatic heterocycles.